The van der Waals surface area contributed by atoms with Gasteiger partial charge in [-0.15, -0.1) is 0 Å². The molecule has 0 spiro atoms. The molecule has 0 saturated carbocycles. The molecule has 4 heteroatoms. The predicted octanol–water partition coefficient (Wildman–Crippen LogP) is 4.19. The van der Waals surface area contributed by atoms with Gasteiger partial charge in [0.05, 0.1) is 0 Å². The summed E-state index contributed by atoms with van der Waals surface area (Å²) in [5.74, 6) is 7.02. The highest BCUT2D eigenvalue weighted by molar-refractivity contribution is 8.07. The molecule has 0 amide bonds. The minimum absolute atomic E-state index is 0.499. The highest BCUT2D eigenvalue weighted by Crippen LogP contribution is 2.37. The normalized spacial score (nSPS) is 29.4. The Morgan fingerprint density at radius 3 is 2.42 bits per heavy atom. The quantitative estimate of drug-likeness (QED) is 0.380. The summed E-state index contributed by atoms with van der Waals surface area (Å²) in [6.07, 6.45) is 9.45. The lowest BCUT2D eigenvalue weighted by Crippen LogP contribution is -2.46. The summed E-state index contributed by atoms with van der Waals surface area (Å²) in [7, 11) is 0. The van der Waals surface area contributed by atoms with Gasteiger partial charge in [-0.2, -0.15) is 23.5 Å². The molecule has 0 aromatic rings. The van der Waals surface area contributed by atoms with Gasteiger partial charge in [0.25, 0.3) is 0 Å². The van der Waals surface area contributed by atoms with E-state index in [9.17, 15) is 0 Å². The van der Waals surface area contributed by atoms with Crippen molar-refractivity contribution in [2.75, 3.05) is 5.75 Å². The maximum absolute atomic E-state index is 5.77. The Kier molecular flexibility index (Phi) is 9.64. The lowest BCUT2D eigenvalue weighted by molar-refractivity contribution is 0.459. The second kappa shape index (κ2) is 10.4. The second-order valence-corrected chi connectivity index (χ2v) is 8.78. The van der Waals surface area contributed by atoms with Crippen LogP contribution >= 0.6 is 23.5 Å². The molecule has 4 atom stereocenters. The van der Waals surface area contributed by atoms with Crippen molar-refractivity contribution in [2.24, 2.45) is 5.84 Å². The van der Waals surface area contributed by atoms with Crippen molar-refractivity contribution >= 4 is 23.5 Å². The number of thioether (sulfide) groups is 2. The van der Waals surface area contributed by atoms with Crippen LogP contribution in [0.5, 0.6) is 0 Å². The van der Waals surface area contributed by atoms with Crippen LogP contribution in [-0.4, -0.2) is 27.5 Å². The van der Waals surface area contributed by atoms with Gasteiger partial charge >= 0.3 is 0 Å². The molecule has 1 heterocycles. The van der Waals surface area contributed by atoms with Gasteiger partial charge < -0.3 is 0 Å². The van der Waals surface area contributed by atoms with Gasteiger partial charge in [0, 0.05) is 27.5 Å². The van der Waals surface area contributed by atoms with Crippen LogP contribution in [0.1, 0.15) is 65.7 Å². The lowest BCUT2D eigenvalue weighted by atomic mass is 10.0. The van der Waals surface area contributed by atoms with E-state index in [1.807, 2.05) is 0 Å². The summed E-state index contributed by atoms with van der Waals surface area (Å²) in [5.41, 5.74) is 3.08. The van der Waals surface area contributed by atoms with Crippen molar-refractivity contribution in [3.63, 3.8) is 0 Å². The van der Waals surface area contributed by atoms with E-state index in [0.717, 1.165) is 10.5 Å². The summed E-state index contributed by atoms with van der Waals surface area (Å²) in [4.78, 5) is 0. The summed E-state index contributed by atoms with van der Waals surface area (Å²) in [6.45, 7) is 6.97. The molecule has 1 aliphatic rings. The molecular weight excluding hydrogens is 272 g/mol. The van der Waals surface area contributed by atoms with Gasteiger partial charge in [0.15, 0.2) is 0 Å². The van der Waals surface area contributed by atoms with Crippen molar-refractivity contribution in [1.82, 2.24) is 5.43 Å². The molecule has 0 bridgehead atoms. The first-order chi connectivity index (χ1) is 9.19. The topological polar surface area (TPSA) is 38.0 Å². The number of unbranched alkanes of at least 4 members (excludes halogenated alkanes) is 5. The number of hydrogen-bond donors (Lipinski definition) is 2. The van der Waals surface area contributed by atoms with Gasteiger partial charge in [-0.25, -0.2) is 0 Å². The SMILES string of the molecule is CCCCCCCCC(NN)C1CSC(C)C(C)S1. The van der Waals surface area contributed by atoms with Crippen LogP contribution in [0.25, 0.3) is 0 Å². The number of rotatable bonds is 9. The number of nitrogens with two attached hydrogens (primary N) is 1. The maximum Gasteiger partial charge on any atom is 0.0337 e. The molecule has 19 heavy (non-hydrogen) atoms. The van der Waals surface area contributed by atoms with E-state index in [0.29, 0.717) is 11.3 Å². The average Bonchev–Trinajstić information content (AvgIpc) is 2.41. The van der Waals surface area contributed by atoms with E-state index in [2.05, 4.69) is 49.7 Å². The third kappa shape index (κ3) is 6.74. The molecule has 114 valence electrons. The molecule has 0 aliphatic carbocycles. The van der Waals surface area contributed by atoms with Crippen LogP contribution in [0.15, 0.2) is 0 Å². The van der Waals surface area contributed by atoms with Crippen LogP contribution in [0.4, 0.5) is 0 Å². The first-order valence-corrected chi connectivity index (χ1v) is 9.91. The molecule has 1 aliphatic heterocycles. The number of hydrazine groups is 1. The maximum atomic E-state index is 5.77. The molecular formula is C15H32N2S2. The third-order valence-electron chi connectivity index (χ3n) is 4.11. The van der Waals surface area contributed by atoms with E-state index in [-0.39, 0.29) is 0 Å². The van der Waals surface area contributed by atoms with E-state index in [1.54, 1.807) is 0 Å². The highest BCUT2D eigenvalue weighted by Gasteiger charge is 2.30. The zero-order valence-corrected chi connectivity index (χ0v) is 14.5. The zero-order valence-electron chi connectivity index (χ0n) is 12.9. The van der Waals surface area contributed by atoms with Crippen molar-refractivity contribution in [3.8, 4) is 0 Å². The van der Waals surface area contributed by atoms with Crippen molar-refractivity contribution in [1.29, 1.82) is 0 Å². The Labute approximate surface area is 128 Å². The van der Waals surface area contributed by atoms with Crippen LogP contribution in [-0.2, 0) is 0 Å². The van der Waals surface area contributed by atoms with Crippen LogP contribution in [0.3, 0.4) is 0 Å². The molecule has 0 aromatic heterocycles. The standard InChI is InChI=1S/C15H32N2S2/c1-4-5-6-7-8-9-10-14(17-16)15-11-18-12(2)13(3)19-15/h12-15,17H,4-11,16H2,1-3H3. The Morgan fingerprint density at radius 2 is 1.79 bits per heavy atom. The second-order valence-electron chi connectivity index (χ2n) is 5.75. The summed E-state index contributed by atoms with van der Waals surface area (Å²) in [6, 6.07) is 0.499. The smallest absolute Gasteiger partial charge is 0.0337 e. The van der Waals surface area contributed by atoms with E-state index in [4.69, 9.17) is 5.84 Å². The molecule has 0 aromatic carbocycles. The summed E-state index contributed by atoms with van der Waals surface area (Å²) >= 11 is 4.25. The van der Waals surface area contributed by atoms with Crippen molar-refractivity contribution in [2.45, 2.75) is 87.5 Å². The molecule has 1 saturated heterocycles. The molecule has 1 fully saturated rings. The Balaban J connectivity index is 2.18. The van der Waals surface area contributed by atoms with E-state index in [1.165, 1.54) is 50.7 Å². The summed E-state index contributed by atoms with van der Waals surface area (Å²) < 4.78 is 0. The minimum atomic E-state index is 0.499. The number of hydrogen-bond acceptors (Lipinski definition) is 4. The first kappa shape index (κ1) is 17.7. The Morgan fingerprint density at radius 1 is 1.11 bits per heavy atom. The highest BCUT2D eigenvalue weighted by atomic mass is 32.2. The number of nitrogens with one attached hydrogen (secondary N) is 1. The fourth-order valence-electron chi connectivity index (χ4n) is 2.54. The van der Waals surface area contributed by atoms with E-state index < -0.39 is 0 Å². The monoisotopic (exact) mass is 304 g/mol. The van der Waals surface area contributed by atoms with Crippen molar-refractivity contribution in [3.05, 3.63) is 0 Å². The largest absolute Gasteiger partial charge is 0.271 e. The fourth-order valence-corrected chi connectivity index (χ4v) is 5.69. The Hall–Kier alpha value is 0.620. The molecule has 4 unspecified atom stereocenters. The molecule has 3 N–H and O–H groups in total. The van der Waals surface area contributed by atoms with Crippen LogP contribution in [0, 0.1) is 0 Å². The lowest BCUT2D eigenvalue weighted by Gasteiger charge is -2.35. The van der Waals surface area contributed by atoms with Gasteiger partial charge in [-0.3, -0.25) is 11.3 Å². The molecule has 1 rings (SSSR count). The molecule has 0 radical (unpaired) electrons. The van der Waals surface area contributed by atoms with Gasteiger partial charge in [-0.05, 0) is 6.42 Å². The Bertz CT molecular complexity index is 226. The zero-order chi connectivity index (χ0) is 14.1. The summed E-state index contributed by atoms with van der Waals surface area (Å²) in [5, 5.41) is 2.23. The van der Waals surface area contributed by atoms with Gasteiger partial charge in [-0.1, -0.05) is 59.3 Å². The van der Waals surface area contributed by atoms with Gasteiger partial charge in [0.1, 0.15) is 0 Å². The van der Waals surface area contributed by atoms with Gasteiger partial charge in [0.2, 0.25) is 0 Å². The van der Waals surface area contributed by atoms with E-state index >= 15 is 0 Å². The third-order valence-corrected chi connectivity index (χ3v) is 7.66. The van der Waals surface area contributed by atoms with Crippen LogP contribution in [0.2, 0.25) is 0 Å². The average molecular weight is 305 g/mol. The van der Waals surface area contributed by atoms with Crippen molar-refractivity contribution < 1.29 is 0 Å². The predicted molar refractivity (Wildman–Crippen MR) is 91.9 cm³/mol. The van der Waals surface area contributed by atoms with Crippen LogP contribution < -0.4 is 11.3 Å². The minimum Gasteiger partial charge on any atom is -0.271 e. The molecule has 2 nitrogen and oxygen atoms in total. The fraction of sp³-hybridized carbons (Fsp3) is 1.00. The first-order valence-electron chi connectivity index (χ1n) is 7.92.